The first-order valence-corrected chi connectivity index (χ1v) is 6.13. The van der Waals surface area contributed by atoms with Gasteiger partial charge in [0.25, 0.3) is 0 Å². The fourth-order valence-electron chi connectivity index (χ4n) is 1.08. The fourth-order valence-corrected chi connectivity index (χ4v) is 1.08. The zero-order chi connectivity index (χ0) is 12.9. The minimum absolute atomic E-state index is 0.296. The lowest BCUT2D eigenvalue weighted by Crippen LogP contribution is -2.41. The standard InChI is InChI=1S/C11H24N2O4/c1-4-7-8-17-13-11(14)12-9-10(15-5-2)16-6-3/h10H,4-9H2,1-3H3,(H2,12,13,14). The van der Waals surface area contributed by atoms with E-state index in [1.165, 1.54) is 0 Å². The molecule has 2 amide bonds. The van der Waals surface area contributed by atoms with E-state index in [4.69, 9.17) is 14.3 Å². The summed E-state index contributed by atoms with van der Waals surface area (Å²) < 4.78 is 10.5. The van der Waals surface area contributed by atoms with Crippen molar-refractivity contribution in [2.75, 3.05) is 26.4 Å². The molecule has 2 N–H and O–H groups in total. The van der Waals surface area contributed by atoms with Gasteiger partial charge in [0.15, 0.2) is 6.29 Å². The van der Waals surface area contributed by atoms with Crippen molar-refractivity contribution >= 4 is 6.03 Å². The summed E-state index contributed by atoms with van der Waals surface area (Å²) in [5.41, 5.74) is 2.30. The van der Waals surface area contributed by atoms with E-state index >= 15 is 0 Å². The van der Waals surface area contributed by atoms with Gasteiger partial charge in [-0.15, -0.1) is 0 Å². The van der Waals surface area contributed by atoms with Crippen LogP contribution in [0.1, 0.15) is 33.6 Å². The maximum absolute atomic E-state index is 11.3. The van der Waals surface area contributed by atoms with Crippen molar-refractivity contribution in [2.45, 2.75) is 39.9 Å². The molecule has 0 radical (unpaired) electrons. The van der Waals surface area contributed by atoms with Crippen LogP contribution in [0.4, 0.5) is 4.79 Å². The second kappa shape index (κ2) is 11.6. The van der Waals surface area contributed by atoms with Crippen molar-refractivity contribution in [1.82, 2.24) is 10.8 Å². The number of rotatable bonds is 10. The summed E-state index contributed by atoms with van der Waals surface area (Å²) in [6, 6.07) is -0.384. The number of urea groups is 1. The quantitative estimate of drug-likeness (QED) is 0.348. The van der Waals surface area contributed by atoms with Gasteiger partial charge in [-0.05, 0) is 20.3 Å². The summed E-state index contributed by atoms with van der Waals surface area (Å²) in [4.78, 5) is 16.2. The number of hydroxylamine groups is 1. The Morgan fingerprint density at radius 1 is 1.18 bits per heavy atom. The number of carbonyl (C=O) groups is 1. The van der Waals surface area contributed by atoms with E-state index in [2.05, 4.69) is 17.7 Å². The van der Waals surface area contributed by atoms with Gasteiger partial charge in [-0.1, -0.05) is 13.3 Å². The van der Waals surface area contributed by atoms with Crippen molar-refractivity contribution in [1.29, 1.82) is 0 Å². The first kappa shape index (κ1) is 16.1. The van der Waals surface area contributed by atoms with Gasteiger partial charge >= 0.3 is 6.03 Å². The monoisotopic (exact) mass is 248 g/mol. The summed E-state index contributed by atoms with van der Waals surface area (Å²) in [7, 11) is 0. The van der Waals surface area contributed by atoms with Crippen LogP contribution in [0, 0.1) is 0 Å². The Morgan fingerprint density at radius 3 is 2.35 bits per heavy atom. The lowest BCUT2D eigenvalue weighted by Gasteiger charge is -2.17. The van der Waals surface area contributed by atoms with Crippen LogP contribution in [0.15, 0.2) is 0 Å². The van der Waals surface area contributed by atoms with Crippen LogP contribution in [0.5, 0.6) is 0 Å². The molecule has 0 atom stereocenters. The number of unbranched alkanes of at least 4 members (excludes halogenated alkanes) is 1. The van der Waals surface area contributed by atoms with Crippen LogP contribution in [0.3, 0.4) is 0 Å². The normalized spacial score (nSPS) is 10.6. The Labute approximate surface area is 103 Å². The van der Waals surface area contributed by atoms with Crippen LogP contribution in [0.25, 0.3) is 0 Å². The molecule has 0 spiro atoms. The van der Waals surface area contributed by atoms with Crippen molar-refractivity contribution in [3.05, 3.63) is 0 Å². The Balaban J connectivity index is 3.57. The number of amides is 2. The second-order valence-corrected chi connectivity index (χ2v) is 3.35. The Morgan fingerprint density at radius 2 is 1.82 bits per heavy atom. The van der Waals surface area contributed by atoms with Crippen molar-refractivity contribution in [3.63, 3.8) is 0 Å². The topological polar surface area (TPSA) is 68.8 Å². The third-order valence-corrected chi connectivity index (χ3v) is 1.90. The molecular weight excluding hydrogens is 224 g/mol. The minimum Gasteiger partial charge on any atom is -0.351 e. The van der Waals surface area contributed by atoms with Crippen molar-refractivity contribution in [2.24, 2.45) is 0 Å². The maximum atomic E-state index is 11.3. The number of nitrogens with one attached hydrogen (secondary N) is 2. The van der Waals surface area contributed by atoms with Crippen LogP contribution in [-0.2, 0) is 14.3 Å². The first-order valence-electron chi connectivity index (χ1n) is 6.13. The highest BCUT2D eigenvalue weighted by Crippen LogP contribution is 1.93. The molecule has 0 saturated heterocycles. The Kier molecular flexibility index (Phi) is 11.0. The molecule has 0 saturated carbocycles. The molecule has 0 aromatic rings. The van der Waals surface area contributed by atoms with Gasteiger partial charge in [-0.3, -0.25) is 4.84 Å². The summed E-state index contributed by atoms with van der Waals surface area (Å²) >= 11 is 0. The maximum Gasteiger partial charge on any atom is 0.338 e. The number of carbonyl (C=O) groups excluding carboxylic acids is 1. The largest absolute Gasteiger partial charge is 0.351 e. The predicted octanol–water partition coefficient (Wildman–Crippen LogP) is 1.42. The third kappa shape index (κ3) is 10.0. The zero-order valence-corrected chi connectivity index (χ0v) is 11.0. The summed E-state index contributed by atoms with van der Waals surface area (Å²) in [5.74, 6) is 0. The van der Waals surface area contributed by atoms with Crippen LogP contribution >= 0.6 is 0 Å². The summed E-state index contributed by atoms with van der Waals surface area (Å²) in [6.07, 6.45) is 1.53. The van der Waals surface area contributed by atoms with E-state index in [1.54, 1.807) is 0 Å². The van der Waals surface area contributed by atoms with E-state index in [9.17, 15) is 4.79 Å². The Bertz CT molecular complexity index is 184. The van der Waals surface area contributed by atoms with Gasteiger partial charge in [-0.25, -0.2) is 10.3 Å². The molecule has 17 heavy (non-hydrogen) atoms. The average molecular weight is 248 g/mol. The molecule has 6 heteroatoms. The molecule has 0 aliphatic rings. The molecule has 0 aromatic heterocycles. The van der Waals surface area contributed by atoms with Gasteiger partial charge in [0, 0.05) is 13.2 Å². The molecule has 0 bridgehead atoms. The highest BCUT2D eigenvalue weighted by atomic mass is 16.7. The van der Waals surface area contributed by atoms with E-state index in [1.807, 2.05) is 13.8 Å². The molecule has 0 aliphatic heterocycles. The number of hydrogen-bond donors (Lipinski definition) is 2. The first-order chi connectivity index (χ1) is 8.24. The minimum atomic E-state index is -0.411. The highest BCUT2D eigenvalue weighted by Gasteiger charge is 2.09. The molecule has 0 aliphatic carbocycles. The molecular formula is C11H24N2O4. The molecule has 0 rings (SSSR count). The van der Waals surface area contributed by atoms with Gasteiger partial charge in [0.2, 0.25) is 0 Å². The fraction of sp³-hybridized carbons (Fsp3) is 0.909. The lowest BCUT2D eigenvalue weighted by atomic mass is 10.4. The number of hydrogen-bond acceptors (Lipinski definition) is 4. The lowest BCUT2D eigenvalue weighted by molar-refractivity contribution is -0.131. The van der Waals surface area contributed by atoms with Crippen LogP contribution in [-0.4, -0.2) is 38.7 Å². The smallest absolute Gasteiger partial charge is 0.338 e. The van der Waals surface area contributed by atoms with Crippen LogP contribution < -0.4 is 10.8 Å². The van der Waals surface area contributed by atoms with Gasteiger partial charge in [-0.2, -0.15) is 0 Å². The SMILES string of the molecule is CCCCONC(=O)NCC(OCC)OCC. The van der Waals surface area contributed by atoms with Gasteiger partial charge < -0.3 is 14.8 Å². The van der Waals surface area contributed by atoms with Crippen molar-refractivity contribution < 1.29 is 19.1 Å². The molecule has 0 heterocycles. The third-order valence-electron chi connectivity index (χ3n) is 1.90. The Hall–Kier alpha value is -0.850. The van der Waals surface area contributed by atoms with Gasteiger partial charge in [0.05, 0.1) is 13.2 Å². The predicted molar refractivity (Wildman–Crippen MR) is 64.4 cm³/mol. The van der Waals surface area contributed by atoms with E-state index in [0.717, 1.165) is 12.8 Å². The molecule has 0 unspecified atom stereocenters. The second-order valence-electron chi connectivity index (χ2n) is 3.35. The molecule has 0 aromatic carbocycles. The molecule has 0 fully saturated rings. The molecule has 102 valence electrons. The highest BCUT2D eigenvalue weighted by molar-refractivity contribution is 5.72. The number of ether oxygens (including phenoxy) is 2. The average Bonchev–Trinajstić information content (AvgIpc) is 2.32. The van der Waals surface area contributed by atoms with E-state index in [0.29, 0.717) is 26.4 Å². The van der Waals surface area contributed by atoms with Crippen molar-refractivity contribution in [3.8, 4) is 0 Å². The van der Waals surface area contributed by atoms with Crippen LogP contribution in [0.2, 0.25) is 0 Å². The molecule has 6 nitrogen and oxygen atoms in total. The van der Waals surface area contributed by atoms with E-state index in [-0.39, 0.29) is 6.03 Å². The summed E-state index contributed by atoms with van der Waals surface area (Å²) in [6.45, 7) is 7.70. The summed E-state index contributed by atoms with van der Waals surface area (Å²) in [5, 5.41) is 2.60. The van der Waals surface area contributed by atoms with E-state index < -0.39 is 6.29 Å². The van der Waals surface area contributed by atoms with Gasteiger partial charge in [0.1, 0.15) is 0 Å². The zero-order valence-electron chi connectivity index (χ0n) is 11.0.